The number of methoxy groups -OCH3 is 1. The number of hydrogen-bond donors (Lipinski definition) is 1. The van der Waals surface area contributed by atoms with Crippen LogP contribution in [0.15, 0.2) is 30.3 Å². The van der Waals surface area contributed by atoms with Crippen LogP contribution in [-0.2, 0) is 12.8 Å². The van der Waals surface area contributed by atoms with Gasteiger partial charge < -0.3 is 10.5 Å². The molecule has 0 saturated heterocycles. The Kier molecular flexibility index (Phi) is 4.62. The molecular formula is C19H21F2NO. The SMILES string of the molecule is COc1ccc2c(c1)CCc1cc(F)c(F)cc1C2CCCN. The number of ether oxygens (including phenoxy) is 1. The third-order valence-electron chi connectivity index (χ3n) is 4.64. The molecule has 1 unspecified atom stereocenters. The molecule has 0 fully saturated rings. The van der Waals surface area contributed by atoms with Gasteiger partial charge in [-0.3, -0.25) is 0 Å². The number of fused-ring (bicyclic) bond motifs is 2. The van der Waals surface area contributed by atoms with E-state index in [1.807, 2.05) is 18.2 Å². The smallest absolute Gasteiger partial charge is 0.159 e. The van der Waals surface area contributed by atoms with Gasteiger partial charge in [-0.15, -0.1) is 0 Å². The van der Waals surface area contributed by atoms with Crippen molar-refractivity contribution in [3.8, 4) is 5.75 Å². The lowest BCUT2D eigenvalue weighted by Gasteiger charge is -2.21. The molecule has 4 heteroatoms. The number of nitrogens with two attached hydrogens (primary N) is 1. The standard InChI is InChI=1S/C19H21F2NO/c1-23-14-6-7-15-12(9-14)4-5-13-10-18(20)19(21)11-17(13)16(15)3-2-8-22/h6-7,9-11,16H,2-5,8,22H2,1H3. The summed E-state index contributed by atoms with van der Waals surface area (Å²) in [5.41, 5.74) is 9.80. The van der Waals surface area contributed by atoms with Gasteiger partial charge >= 0.3 is 0 Å². The second kappa shape index (κ2) is 6.67. The Balaban J connectivity index is 2.12. The minimum atomic E-state index is -0.779. The Morgan fingerprint density at radius 1 is 1.04 bits per heavy atom. The first-order valence-corrected chi connectivity index (χ1v) is 7.98. The van der Waals surface area contributed by atoms with Crippen molar-refractivity contribution in [3.05, 3.63) is 64.2 Å². The normalized spacial score (nSPS) is 16.4. The summed E-state index contributed by atoms with van der Waals surface area (Å²) in [5.74, 6) is -0.694. The molecule has 1 atom stereocenters. The highest BCUT2D eigenvalue weighted by molar-refractivity contribution is 5.47. The van der Waals surface area contributed by atoms with Gasteiger partial charge in [0.05, 0.1) is 7.11 Å². The summed E-state index contributed by atoms with van der Waals surface area (Å²) >= 11 is 0. The van der Waals surface area contributed by atoms with Crippen molar-refractivity contribution in [1.82, 2.24) is 0 Å². The maximum Gasteiger partial charge on any atom is 0.159 e. The third-order valence-corrected chi connectivity index (χ3v) is 4.64. The minimum absolute atomic E-state index is 0.0482. The van der Waals surface area contributed by atoms with E-state index in [0.29, 0.717) is 13.0 Å². The third kappa shape index (κ3) is 3.08. The Morgan fingerprint density at radius 3 is 2.43 bits per heavy atom. The highest BCUT2D eigenvalue weighted by atomic mass is 19.2. The van der Waals surface area contributed by atoms with Crippen LogP contribution in [0.2, 0.25) is 0 Å². The van der Waals surface area contributed by atoms with Crippen molar-refractivity contribution in [2.75, 3.05) is 13.7 Å². The number of aryl methyl sites for hydroxylation is 2. The maximum atomic E-state index is 13.8. The van der Waals surface area contributed by atoms with Crippen LogP contribution in [-0.4, -0.2) is 13.7 Å². The first-order chi connectivity index (χ1) is 11.1. The van der Waals surface area contributed by atoms with E-state index in [0.717, 1.165) is 36.1 Å². The summed E-state index contributed by atoms with van der Waals surface area (Å²) in [6.07, 6.45) is 3.16. The van der Waals surface area contributed by atoms with Crippen LogP contribution in [0.3, 0.4) is 0 Å². The van der Waals surface area contributed by atoms with Crippen LogP contribution < -0.4 is 10.5 Å². The van der Waals surface area contributed by atoms with Gasteiger partial charge in [-0.05, 0) is 78.7 Å². The average molecular weight is 317 g/mol. The first-order valence-electron chi connectivity index (χ1n) is 7.98. The Labute approximate surface area is 135 Å². The summed E-state index contributed by atoms with van der Waals surface area (Å²) in [6.45, 7) is 0.584. The van der Waals surface area contributed by atoms with Gasteiger partial charge in [-0.25, -0.2) is 8.78 Å². The molecule has 3 rings (SSSR count). The predicted octanol–water partition coefficient (Wildman–Crippen LogP) is 3.94. The summed E-state index contributed by atoms with van der Waals surface area (Å²) in [5, 5.41) is 0. The zero-order valence-corrected chi connectivity index (χ0v) is 13.2. The van der Waals surface area contributed by atoms with Gasteiger partial charge in [-0.1, -0.05) is 6.07 Å². The quantitative estimate of drug-likeness (QED) is 0.927. The highest BCUT2D eigenvalue weighted by Gasteiger charge is 2.25. The molecule has 0 amide bonds. The maximum absolute atomic E-state index is 13.8. The lowest BCUT2D eigenvalue weighted by molar-refractivity contribution is 0.414. The molecule has 0 saturated carbocycles. The van der Waals surface area contributed by atoms with Crippen LogP contribution in [0.25, 0.3) is 0 Å². The molecule has 1 aliphatic carbocycles. The van der Waals surface area contributed by atoms with E-state index in [2.05, 4.69) is 0 Å². The van der Waals surface area contributed by atoms with Crippen molar-refractivity contribution in [2.24, 2.45) is 5.73 Å². The molecule has 0 bridgehead atoms. The molecule has 0 heterocycles. The van der Waals surface area contributed by atoms with E-state index < -0.39 is 11.6 Å². The van der Waals surface area contributed by atoms with Crippen LogP contribution in [0.4, 0.5) is 8.78 Å². The monoisotopic (exact) mass is 317 g/mol. The summed E-state index contributed by atoms with van der Waals surface area (Å²) < 4.78 is 32.8. The fraction of sp³-hybridized carbons (Fsp3) is 0.368. The second-order valence-electron chi connectivity index (χ2n) is 6.01. The predicted molar refractivity (Wildman–Crippen MR) is 86.9 cm³/mol. The molecule has 0 spiro atoms. The number of hydrogen-bond acceptors (Lipinski definition) is 2. The van der Waals surface area contributed by atoms with Crippen LogP contribution in [0.1, 0.15) is 41.0 Å². The molecule has 1 aliphatic rings. The molecule has 0 aromatic heterocycles. The van der Waals surface area contributed by atoms with E-state index in [1.54, 1.807) is 7.11 Å². The molecule has 2 aromatic carbocycles. The molecule has 23 heavy (non-hydrogen) atoms. The zero-order valence-electron chi connectivity index (χ0n) is 13.2. The second-order valence-corrected chi connectivity index (χ2v) is 6.01. The van der Waals surface area contributed by atoms with Crippen LogP contribution in [0, 0.1) is 11.6 Å². The van der Waals surface area contributed by atoms with Crippen LogP contribution >= 0.6 is 0 Å². The van der Waals surface area contributed by atoms with E-state index in [4.69, 9.17) is 10.5 Å². The van der Waals surface area contributed by atoms with Crippen LogP contribution in [0.5, 0.6) is 5.75 Å². The van der Waals surface area contributed by atoms with Gasteiger partial charge in [0.15, 0.2) is 11.6 Å². The van der Waals surface area contributed by atoms with E-state index in [9.17, 15) is 8.78 Å². The Bertz CT molecular complexity index is 715. The molecule has 0 aliphatic heterocycles. The molecule has 2 nitrogen and oxygen atoms in total. The Morgan fingerprint density at radius 2 is 1.74 bits per heavy atom. The van der Waals surface area contributed by atoms with Crippen molar-refractivity contribution in [1.29, 1.82) is 0 Å². The molecule has 0 radical (unpaired) electrons. The number of halogens is 2. The molecular weight excluding hydrogens is 296 g/mol. The van der Waals surface area contributed by atoms with Crippen molar-refractivity contribution >= 4 is 0 Å². The van der Waals surface area contributed by atoms with Gasteiger partial charge in [0, 0.05) is 5.92 Å². The number of rotatable bonds is 4. The van der Waals surface area contributed by atoms with Gasteiger partial charge in [0.1, 0.15) is 5.75 Å². The summed E-state index contributed by atoms with van der Waals surface area (Å²) in [4.78, 5) is 0. The molecule has 2 aromatic rings. The largest absolute Gasteiger partial charge is 0.497 e. The highest BCUT2D eigenvalue weighted by Crippen LogP contribution is 2.39. The van der Waals surface area contributed by atoms with Gasteiger partial charge in [0.25, 0.3) is 0 Å². The molecule has 122 valence electrons. The van der Waals surface area contributed by atoms with E-state index >= 15 is 0 Å². The fourth-order valence-electron chi connectivity index (χ4n) is 3.48. The van der Waals surface area contributed by atoms with E-state index in [-0.39, 0.29) is 5.92 Å². The fourth-order valence-corrected chi connectivity index (χ4v) is 3.48. The lowest BCUT2D eigenvalue weighted by atomic mass is 9.84. The van der Waals surface area contributed by atoms with Crippen molar-refractivity contribution < 1.29 is 13.5 Å². The number of benzene rings is 2. The Hall–Kier alpha value is -1.94. The summed E-state index contributed by atoms with van der Waals surface area (Å²) in [7, 11) is 1.64. The molecule has 2 N–H and O–H groups in total. The average Bonchev–Trinajstić information content (AvgIpc) is 2.70. The van der Waals surface area contributed by atoms with Gasteiger partial charge in [-0.2, -0.15) is 0 Å². The van der Waals surface area contributed by atoms with Crippen molar-refractivity contribution in [2.45, 2.75) is 31.6 Å². The minimum Gasteiger partial charge on any atom is -0.497 e. The van der Waals surface area contributed by atoms with E-state index in [1.165, 1.54) is 23.3 Å². The zero-order chi connectivity index (χ0) is 16.4. The summed E-state index contributed by atoms with van der Waals surface area (Å²) in [6, 6.07) is 8.72. The lowest BCUT2D eigenvalue weighted by Crippen LogP contribution is -2.08. The van der Waals surface area contributed by atoms with Gasteiger partial charge in [0.2, 0.25) is 0 Å². The first kappa shape index (κ1) is 15.9. The topological polar surface area (TPSA) is 35.2 Å². The van der Waals surface area contributed by atoms with Crippen molar-refractivity contribution in [3.63, 3.8) is 0 Å².